The lowest BCUT2D eigenvalue weighted by Crippen LogP contribution is -1.58. The highest BCUT2D eigenvalue weighted by molar-refractivity contribution is 5.47. The molecule has 0 aromatic carbocycles. The predicted octanol–water partition coefficient (Wildman–Crippen LogP) is 1.99. The van der Waals surface area contributed by atoms with Crippen LogP contribution in [-0.2, 0) is 4.74 Å². The van der Waals surface area contributed by atoms with Gasteiger partial charge in [0.1, 0.15) is 0 Å². The van der Waals surface area contributed by atoms with Crippen LogP contribution in [0.5, 0.6) is 0 Å². The Kier molecular flexibility index (Phi) is 1.20. The molecule has 0 spiro atoms. The lowest BCUT2D eigenvalue weighted by molar-refractivity contribution is 0.403. The van der Waals surface area contributed by atoms with E-state index in [1.165, 1.54) is 17.4 Å². The first kappa shape index (κ1) is 5.16. The van der Waals surface area contributed by atoms with Crippen LogP contribution < -0.4 is 0 Å². The molecular weight excluding hydrogens is 100 g/mol. The van der Waals surface area contributed by atoms with E-state index in [2.05, 4.69) is 13.2 Å². The predicted molar refractivity (Wildman–Crippen MR) is 33.1 cm³/mol. The summed E-state index contributed by atoms with van der Waals surface area (Å²) >= 11 is 0. The van der Waals surface area contributed by atoms with Crippen molar-refractivity contribution in [3.8, 4) is 0 Å². The van der Waals surface area contributed by atoms with E-state index in [0.717, 1.165) is 6.42 Å². The second-order valence-electron chi connectivity index (χ2n) is 1.73. The minimum Gasteiger partial charge on any atom is -0.473 e. The zero-order chi connectivity index (χ0) is 5.98. The fourth-order valence-electron chi connectivity index (χ4n) is 0.441. The van der Waals surface area contributed by atoms with Crippen molar-refractivity contribution in [3.63, 3.8) is 0 Å². The van der Waals surface area contributed by atoms with Crippen LogP contribution in [0.25, 0.3) is 0 Å². The highest BCUT2D eigenvalue weighted by Crippen LogP contribution is 2.34. The van der Waals surface area contributed by atoms with Gasteiger partial charge in [-0.05, 0) is 11.1 Å². The number of ether oxygens (including phenoxy) is 1. The van der Waals surface area contributed by atoms with Gasteiger partial charge in [0, 0.05) is 6.42 Å². The molecule has 0 bridgehead atoms. The van der Waals surface area contributed by atoms with Gasteiger partial charge in [-0.15, -0.1) is 0 Å². The van der Waals surface area contributed by atoms with Gasteiger partial charge in [-0.3, -0.25) is 0 Å². The van der Waals surface area contributed by atoms with E-state index in [1.54, 1.807) is 6.26 Å². The molecule has 1 heteroatoms. The summed E-state index contributed by atoms with van der Waals surface area (Å²) in [5, 5.41) is 0. The maximum Gasteiger partial charge on any atom is 0.0939 e. The van der Waals surface area contributed by atoms with Gasteiger partial charge in [0.25, 0.3) is 0 Å². The highest BCUT2D eigenvalue weighted by Gasteiger charge is 2.17. The molecule has 8 heavy (non-hydrogen) atoms. The molecule has 0 unspecified atom stereocenters. The Bertz CT molecular complexity index is 154. The molecule has 1 saturated carbocycles. The lowest BCUT2D eigenvalue weighted by atomic mass is 10.6. The molecule has 1 fully saturated rings. The molecule has 0 aromatic rings. The smallest absolute Gasteiger partial charge is 0.0939 e. The molecule has 0 aromatic heterocycles. The van der Waals surface area contributed by atoms with Crippen LogP contribution in [0.2, 0.25) is 0 Å². The number of hydrogen-bond donors (Lipinski definition) is 0. The second kappa shape index (κ2) is 1.86. The fraction of sp³-hybridized carbons (Fsp3) is 0.143. The van der Waals surface area contributed by atoms with Crippen LogP contribution in [0.15, 0.2) is 36.8 Å². The van der Waals surface area contributed by atoms with E-state index in [9.17, 15) is 0 Å². The van der Waals surface area contributed by atoms with Gasteiger partial charge < -0.3 is 4.74 Å². The summed E-state index contributed by atoms with van der Waals surface area (Å²) in [4.78, 5) is 0. The Labute approximate surface area is 49.0 Å². The first-order chi connectivity index (χ1) is 3.84. The Morgan fingerprint density at radius 3 is 2.62 bits per heavy atom. The normalized spacial score (nSPS) is 21.0. The average Bonchev–Trinajstić information content (AvgIpc) is 2.42. The molecule has 0 atom stereocenters. The number of hydrogen-bond acceptors (Lipinski definition) is 1. The van der Waals surface area contributed by atoms with Gasteiger partial charge in [0.2, 0.25) is 0 Å². The van der Waals surface area contributed by atoms with E-state index in [4.69, 9.17) is 4.74 Å². The third-order valence-corrected chi connectivity index (χ3v) is 1.04. The Morgan fingerprint density at radius 1 is 1.62 bits per heavy atom. The topological polar surface area (TPSA) is 9.23 Å². The van der Waals surface area contributed by atoms with Crippen LogP contribution in [0.4, 0.5) is 0 Å². The number of allylic oxidation sites excluding steroid dienone is 2. The lowest BCUT2D eigenvalue weighted by Gasteiger charge is -1.80. The maximum absolute atomic E-state index is 4.77. The summed E-state index contributed by atoms with van der Waals surface area (Å²) in [6.45, 7) is 7.11. The van der Waals surface area contributed by atoms with Gasteiger partial charge in [-0.25, -0.2) is 0 Å². The van der Waals surface area contributed by atoms with Gasteiger partial charge >= 0.3 is 0 Å². The minimum atomic E-state index is 1.01. The SMILES string of the molecule is C=COC=C1CC1=C. The zero-order valence-corrected chi connectivity index (χ0v) is 4.68. The molecule has 1 nitrogen and oxygen atoms in total. The molecule has 0 amide bonds. The van der Waals surface area contributed by atoms with E-state index >= 15 is 0 Å². The molecule has 0 saturated heterocycles. The monoisotopic (exact) mass is 108 g/mol. The quantitative estimate of drug-likeness (QED) is 0.491. The molecule has 1 aliphatic carbocycles. The van der Waals surface area contributed by atoms with E-state index in [-0.39, 0.29) is 0 Å². The zero-order valence-electron chi connectivity index (χ0n) is 4.68. The average molecular weight is 108 g/mol. The molecular formula is C7H8O. The van der Waals surface area contributed by atoms with Gasteiger partial charge in [0.15, 0.2) is 0 Å². The van der Waals surface area contributed by atoms with Crippen LogP contribution in [0.3, 0.4) is 0 Å². The Morgan fingerprint density at radius 2 is 2.25 bits per heavy atom. The fourth-order valence-corrected chi connectivity index (χ4v) is 0.441. The van der Waals surface area contributed by atoms with E-state index in [0.29, 0.717) is 0 Å². The molecule has 0 radical (unpaired) electrons. The summed E-state index contributed by atoms with van der Waals surface area (Å²) in [5.74, 6) is 0. The first-order valence-electron chi connectivity index (χ1n) is 2.48. The molecule has 1 aliphatic rings. The molecule has 42 valence electrons. The molecule has 0 aliphatic heterocycles. The van der Waals surface area contributed by atoms with E-state index < -0.39 is 0 Å². The second-order valence-corrected chi connectivity index (χ2v) is 1.73. The van der Waals surface area contributed by atoms with Crippen molar-refractivity contribution in [2.45, 2.75) is 6.42 Å². The molecule has 0 N–H and O–H groups in total. The van der Waals surface area contributed by atoms with Crippen LogP contribution in [-0.4, -0.2) is 0 Å². The molecule has 1 rings (SSSR count). The van der Waals surface area contributed by atoms with Crippen LogP contribution in [0.1, 0.15) is 6.42 Å². The van der Waals surface area contributed by atoms with Crippen molar-refractivity contribution in [3.05, 3.63) is 36.8 Å². The van der Waals surface area contributed by atoms with Gasteiger partial charge in [0.05, 0.1) is 12.5 Å². The van der Waals surface area contributed by atoms with Gasteiger partial charge in [-0.1, -0.05) is 13.2 Å². The highest BCUT2D eigenvalue weighted by atomic mass is 16.5. The van der Waals surface area contributed by atoms with Crippen molar-refractivity contribution in [2.24, 2.45) is 0 Å². The standard InChI is InChI=1S/C7H8O/c1-3-8-5-7-4-6(7)2/h3,5H,1-2,4H2. The van der Waals surface area contributed by atoms with Crippen molar-refractivity contribution in [2.75, 3.05) is 0 Å². The summed E-state index contributed by atoms with van der Waals surface area (Å²) in [6.07, 6.45) is 4.09. The van der Waals surface area contributed by atoms with Crippen LogP contribution in [0, 0.1) is 0 Å². The van der Waals surface area contributed by atoms with Crippen LogP contribution >= 0.6 is 0 Å². The van der Waals surface area contributed by atoms with Crippen molar-refractivity contribution in [1.29, 1.82) is 0 Å². The summed E-state index contributed by atoms with van der Waals surface area (Å²) in [5.41, 5.74) is 2.37. The summed E-state index contributed by atoms with van der Waals surface area (Å²) in [6, 6.07) is 0. The van der Waals surface area contributed by atoms with Gasteiger partial charge in [-0.2, -0.15) is 0 Å². The third-order valence-electron chi connectivity index (χ3n) is 1.04. The Balaban J connectivity index is 2.35. The Hall–Kier alpha value is -0.980. The van der Waals surface area contributed by atoms with Crippen molar-refractivity contribution < 1.29 is 4.74 Å². The van der Waals surface area contributed by atoms with Crippen molar-refractivity contribution >= 4 is 0 Å². The van der Waals surface area contributed by atoms with E-state index in [1.807, 2.05) is 0 Å². The number of rotatable bonds is 2. The molecule has 0 heterocycles. The summed E-state index contributed by atoms with van der Waals surface area (Å²) < 4.78 is 4.77. The maximum atomic E-state index is 4.77. The first-order valence-corrected chi connectivity index (χ1v) is 2.48. The van der Waals surface area contributed by atoms with Crippen molar-refractivity contribution in [1.82, 2.24) is 0 Å². The third kappa shape index (κ3) is 0.997. The largest absolute Gasteiger partial charge is 0.473 e. The summed E-state index contributed by atoms with van der Waals surface area (Å²) in [7, 11) is 0. The minimum absolute atomic E-state index is 1.01.